The topological polar surface area (TPSA) is 59.7 Å². The summed E-state index contributed by atoms with van der Waals surface area (Å²) < 4.78 is 10.7. The van der Waals surface area contributed by atoms with Crippen molar-refractivity contribution in [1.29, 1.82) is 0 Å². The molecule has 0 aliphatic rings. The third kappa shape index (κ3) is 4.52. The Labute approximate surface area is 124 Å². The molecule has 1 aromatic heterocycles. The van der Waals surface area contributed by atoms with E-state index in [1.54, 1.807) is 18.2 Å². The van der Waals surface area contributed by atoms with Crippen molar-refractivity contribution >= 4 is 11.0 Å². The minimum absolute atomic E-state index is 0.0716. The molecular weight excluding hydrogens is 268 g/mol. The van der Waals surface area contributed by atoms with Gasteiger partial charge in [0, 0.05) is 17.5 Å². The van der Waals surface area contributed by atoms with Crippen molar-refractivity contribution in [1.82, 2.24) is 0 Å². The third-order valence-corrected chi connectivity index (χ3v) is 3.46. The van der Waals surface area contributed by atoms with Gasteiger partial charge in [0.15, 0.2) is 11.5 Å². The van der Waals surface area contributed by atoms with Crippen LogP contribution < -0.4 is 10.4 Å². The molecule has 0 radical (unpaired) electrons. The van der Waals surface area contributed by atoms with Gasteiger partial charge in [0.2, 0.25) is 0 Å². The van der Waals surface area contributed by atoms with Gasteiger partial charge in [-0.3, -0.25) is 0 Å². The fraction of sp³-hybridized carbons (Fsp3) is 0.471. The quantitative estimate of drug-likeness (QED) is 0.583. The number of unbranched alkanes of at least 4 members (excludes halogenated alkanes) is 5. The summed E-state index contributed by atoms with van der Waals surface area (Å²) in [4.78, 5) is 11.2. The minimum atomic E-state index is -0.407. The van der Waals surface area contributed by atoms with Crippen molar-refractivity contribution in [2.45, 2.75) is 45.4 Å². The monoisotopic (exact) mass is 290 g/mol. The van der Waals surface area contributed by atoms with Crippen LogP contribution in [0.5, 0.6) is 11.5 Å². The molecule has 0 aliphatic heterocycles. The van der Waals surface area contributed by atoms with E-state index in [-0.39, 0.29) is 5.75 Å². The average molecular weight is 290 g/mol. The Kier molecular flexibility index (Phi) is 5.67. The van der Waals surface area contributed by atoms with E-state index in [0.29, 0.717) is 23.3 Å². The highest BCUT2D eigenvalue weighted by atomic mass is 16.5. The minimum Gasteiger partial charge on any atom is -0.504 e. The number of rotatable bonds is 8. The molecule has 0 aliphatic carbocycles. The fourth-order valence-electron chi connectivity index (χ4n) is 2.26. The van der Waals surface area contributed by atoms with E-state index in [9.17, 15) is 9.90 Å². The zero-order chi connectivity index (χ0) is 15.1. The van der Waals surface area contributed by atoms with E-state index in [4.69, 9.17) is 9.15 Å². The van der Waals surface area contributed by atoms with Gasteiger partial charge in [-0.1, -0.05) is 39.0 Å². The molecule has 1 N–H and O–H groups in total. The molecule has 2 aromatic rings. The molecule has 4 heteroatoms. The molecular formula is C17H22O4. The lowest BCUT2D eigenvalue weighted by molar-refractivity contribution is 0.289. The molecule has 4 nitrogen and oxygen atoms in total. The first-order chi connectivity index (χ1) is 10.2. The predicted octanol–water partition coefficient (Wildman–Crippen LogP) is 4.24. The highest BCUT2D eigenvalue weighted by Gasteiger charge is 2.07. The smallest absolute Gasteiger partial charge is 0.336 e. The summed E-state index contributed by atoms with van der Waals surface area (Å²) in [7, 11) is 0. The Morgan fingerprint density at radius 3 is 2.67 bits per heavy atom. The van der Waals surface area contributed by atoms with E-state index in [1.807, 2.05) is 0 Å². The number of fused-ring (bicyclic) bond motifs is 1. The number of phenols is 1. The van der Waals surface area contributed by atoms with Crippen molar-refractivity contribution < 1.29 is 14.3 Å². The normalized spacial score (nSPS) is 10.9. The molecule has 0 fully saturated rings. The first-order valence-electron chi connectivity index (χ1n) is 7.60. The van der Waals surface area contributed by atoms with Crippen LogP contribution >= 0.6 is 0 Å². The molecule has 0 bridgehead atoms. The van der Waals surface area contributed by atoms with Crippen LogP contribution in [0.15, 0.2) is 33.5 Å². The standard InChI is InChI=1S/C17H22O4/c1-2-3-4-5-6-7-10-20-16-12-15-13(11-14(16)18)8-9-17(19)21-15/h8-9,11-12,18H,2-7,10H2,1H3. The van der Waals surface area contributed by atoms with Crippen LogP contribution in [0.3, 0.4) is 0 Å². The van der Waals surface area contributed by atoms with Crippen LogP contribution in [0, 0.1) is 0 Å². The largest absolute Gasteiger partial charge is 0.504 e. The van der Waals surface area contributed by atoms with Gasteiger partial charge in [0.25, 0.3) is 0 Å². The van der Waals surface area contributed by atoms with Gasteiger partial charge in [-0.25, -0.2) is 4.79 Å². The van der Waals surface area contributed by atoms with Crippen molar-refractivity contribution in [3.05, 3.63) is 34.7 Å². The van der Waals surface area contributed by atoms with Gasteiger partial charge in [-0.05, 0) is 18.6 Å². The zero-order valence-corrected chi connectivity index (χ0v) is 12.4. The van der Waals surface area contributed by atoms with E-state index in [2.05, 4.69) is 6.92 Å². The van der Waals surface area contributed by atoms with Crippen LogP contribution in [0.4, 0.5) is 0 Å². The second kappa shape index (κ2) is 7.72. The van der Waals surface area contributed by atoms with Crippen LogP contribution in [0.2, 0.25) is 0 Å². The summed E-state index contributed by atoms with van der Waals surface area (Å²) in [5.74, 6) is 0.438. The molecule has 114 valence electrons. The summed E-state index contributed by atoms with van der Waals surface area (Å²) >= 11 is 0. The molecule has 21 heavy (non-hydrogen) atoms. The number of benzene rings is 1. The van der Waals surface area contributed by atoms with Crippen molar-refractivity contribution in [2.75, 3.05) is 6.61 Å². The Balaban J connectivity index is 1.89. The highest BCUT2D eigenvalue weighted by Crippen LogP contribution is 2.30. The Morgan fingerprint density at radius 1 is 1.10 bits per heavy atom. The van der Waals surface area contributed by atoms with Crippen LogP contribution in [-0.2, 0) is 0 Å². The van der Waals surface area contributed by atoms with Gasteiger partial charge in [-0.15, -0.1) is 0 Å². The van der Waals surface area contributed by atoms with Gasteiger partial charge in [-0.2, -0.15) is 0 Å². The van der Waals surface area contributed by atoms with Gasteiger partial charge < -0.3 is 14.3 Å². The van der Waals surface area contributed by atoms with E-state index in [0.717, 1.165) is 12.8 Å². The number of hydrogen-bond donors (Lipinski definition) is 1. The van der Waals surface area contributed by atoms with Gasteiger partial charge in [0.05, 0.1) is 6.61 Å². The number of hydrogen-bond acceptors (Lipinski definition) is 4. The van der Waals surface area contributed by atoms with Crippen molar-refractivity contribution in [3.8, 4) is 11.5 Å². The molecule has 0 unspecified atom stereocenters. The predicted molar refractivity (Wildman–Crippen MR) is 83.0 cm³/mol. The second-order valence-corrected chi connectivity index (χ2v) is 5.23. The van der Waals surface area contributed by atoms with Crippen LogP contribution in [0.1, 0.15) is 45.4 Å². The first kappa shape index (κ1) is 15.4. The van der Waals surface area contributed by atoms with Gasteiger partial charge >= 0.3 is 5.63 Å². The Morgan fingerprint density at radius 2 is 1.86 bits per heavy atom. The average Bonchev–Trinajstić information content (AvgIpc) is 2.47. The van der Waals surface area contributed by atoms with Crippen LogP contribution in [-0.4, -0.2) is 11.7 Å². The summed E-state index contributed by atoms with van der Waals surface area (Å²) in [6.07, 6.45) is 7.10. The maximum absolute atomic E-state index is 11.2. The van der Waals surface area contributed by atoms with Crippen LogP contribution in [0.25, 0.3) is 11.0 Å². The summed E-state index contributed by atoms with van der Waals surface area (Å²) in [5.41, 5.74) is 0.0216. The molecule has 1 heterocycles. The summed E-state index contributed by atoms with van der Waals surface area (Å²) in [5, 5.41) is 10.6. The maximum Gasteiger partial charge on any atom is 0.336 e. The highest BCUT2D eigenvalue weighted by molar-refractivity contribution is 5.80. The second-order valence-electron chi connectivity index (χ2n) is 5.23. The lowest BCUT2D eigenvalue weighted by atomic mass is 10.1. The molecule has 0 saturated heterocycles. The summed E-state index contributed by atoms with van der Waals surface area (Å²) in [6, 6.07) is 6.08. The number of ether oxygens (including phenoxy) is 1. The number of aromatic hydroxyl groups is 1. The van der Waals surface area contributed by atoms with E-state index < -0.39 is 5.63 Å². The third-order valence-electron chi connectivity index (χ3n) is 3.46. The Bertz CT molecular complexity index is 630. The molecule has 1 aromatic carbocycles. The molecule has 0 amide bonds. The fourth-order valence-corrected chi connectivity index (χ4v) is 2.26. The molecule has 0 atom stereocenters. The Hall–Kier alpha value is -1.97. The summed E-state index contributed by atoms with van der Waals surface area (Å²) in [6.45, 7) is 2.76. The molecule has 2 rings (SSSR count). The maximum atomic E-state index is 11.2. The lowest BCUT2D eigenvalue weighted by Gasteiger charge is -2.08. The lowest BCUT2D eigenvalue weighted by Crippen LogP contribution is -1.99. The van der Waals surface area contributed by atoms with Crippen molar-refractivity contribution in [3.63, 3.8) is 0 Å². The van der Waals surface area contributed by atoms with E-state index >= 15 is 0 Å². The van der Waals surface area contributed by atoms with Gasteiger partial charge in [0.1, 0.15) is 5.58 Å². The number of phenolic OH excluding ortho intramolecular Hbond substituents is 1. The van der Waals surface area contributed by atoms with Crippen molar-refractivity contribution in [2.24, 2.45) is 0 Å². The SMILES string of the molecule is CCCCCCCCOc1cc2oc(=O)ccc2cc1O. The molecule has 0 saturated carbocycles. The zero-order valence-electron chi connectivity index (χ0n) is 12.4. The first-order valence-corrected chi connectivity index (χ1v) is 7.60. The van der Waals surface area contributed by atoms with E-state index in [1.165, 1.54) is 31.7 Å². The molecule has 0 spiro atoms.